The average molecular weight is 225 g/mol. The number of imidazole rings is 1. The van der Waals surface area contributed by atoms with Crippen molar-refractivity contribution < 1.29 is 0 Å². The lowest BCUT2D eigenvalue weighted by Crippen LogP contribution is -2.13. The zero-order chi connectivity index (χ0) is 12.4. The molecule has 1 heterocycles. The first kappa shape index (κ1) is 11.9. The number of aromatic nitrogens is 2. The highest BCUT2D eigenvalue weighted by atomic mass is 15.0. The van der Waals surface area contributed by atoms with Gasteiger partial charge in [-0.15, -0.1) is 0 Å². The second kappa shape index (κ2) is 4.76. The Morgan fingerprint density at radius 1 is 1.29 bits per heavy atom. The van der Waals surface area contributed by atoms with E-state index in [0.717, 1.165) is 28.2 Å². The minimum Gasteiger partial charge on any atom is -0.344 e. The molecule has 86 valence electrons. The third-order valence-electron chi connectivity index (χ3n) is 2.93. The molecule has 0 saturated carbocycles. The monoisotopic (exact) mass is 225 g/mol. The number of rotatable bonds is 3. The Kier molecular flexibility index (Phi) is 3.34. The Labute approximate surface area is 103 Å². The van der Waals surface area contributed by atoms with Gasteiger partial charge < -0.3 is 10.3 Å². The minimum absolute atomic E-state index is 0.219. The van der Waals surface area contributed by atoms with Crippen molar-refractivity contribution in [1.82, 2.24) is 15.3 Å². The summed E-state index contributed by atoms with van der Waals surface area (Å²) in [5, 5.41) is 3.17. The van der Waals surface area contributed by atoms with Gasteiger partial charge in [0.1, 0.15) is 13.7 Å². The Balaban J connectivity index is 2.39. The van der Waals surface area contributed by atoms with Gasteiger partial charge in [-0.3, -0.25) is 0 Å². The van der Waals surface area contributed by atoms with Crippen LogP contribution in [0.1, 0.15) is 24.5 Å². The van der Waals surface area contributed by atoms with E-state index >= 15 is 0 Å². The van der Waals surface area contributed by atoms with E-state index in [0.29, 0.717) is 0 Å². The van der Waals surface area contributed by atoms with E-state index in [-0.39, 0.29) is 6.04 Å². The largest absolute Gasteiger partial charge is 0.344 e. The predicted molar refractivity (Wildman–Crippen MR) is 71.6 cm³/mol. The van der Waals surface area contributed by atoms with E-state index in [1.807, 2.05) is 38.2 Å². The molecule has 0 aliphatic heterocycles. The standard InChI is InChI=1S/C13H16BN3/c1-8-12(10-4-6-11(14)7-5-10)17-13(16-8)9(2)15-3/h4-7,9,15H,1-3H3,(H,16,17)/t9-/m0/s1. The molecule has 0 aliphatic rings. The van der Waals surface area contributed by atoms with Crippen molar-refractivity contribution in [3.63, 3.8) is 0 Å². The van der Waals surface area contributed by atoms with Gasteiger partial charge in [0.25, 0.3) is 0 Å². The molecule has 2 aromatic rings. The fourth-order valence-electron chi connectivity index (χ4n) is 1.75. The van der Waals surface area contributed by atoms with E-state index in [2.05, 4.69) is 22.2 Å². The van der Waals surface area contributed by atoms with Crippen LogP contribution in [0.5, 0.6) is 0 Å². The second-order valence-corrected chi connectivity index (χ2v) is 4.23. The molecular weight excluding hydrogens is 209 g/mol. The van der Waals surface area contributed by atoms with E-state index in [9.17, 15) is 0 Å². The van der Waals surface area contributed by atoms with E-state index in [1.165, 1.54) is 0 Å². The van der Waals surface area contributed by atoms with Crippen LogP contribution in [0.2, 0.25) is 0 Å². The number of nitrogens with one attached hydrogen (secondary N) is 2. The maximum atomic E-state index is 5.68. The first-order valence-corrected chi connectivity index (χ1v) is 5.71. The molecule has 2 radical (unpaired) electrons. The molecule has 1 aromatic carbocycles. The Morgan fingerprint density at radius 3 is 2.53 bits per heavy atom. The van der Waals surface area contributed by atoms with Crippen LogP contribution in [0.4, 0.5) is 0 Å². The fourth-order valence-corrected chi connectivity index (χ4v) is 1.75. The van der Waals surface area contributed by atoms with Gasteiger partial charge in [-0.1, -0.05) is 29.7 Å². The molecule has 0 saturated heterocycles. The molecule has 0 spiro atoms. The maximum absolute atomic E-state index is 5.68. The van der Waals surface area contributed by atoms with Gasteiger partial charge >= 0.3 is 0 Å². The first-order valence-electron chi connectivity index (χ1n) is 5.71. The summed E-state index contributed by atoms with van der Waals surface area (Å²) in [5.74, 6) is 0.955. The van der Waals surface area contributed by atoms with Gasteiger partial charge in [0.2, 0.25) is 0 Å². The number of hydrogen-bond donors (Lipinski definition) is 2. The van der Waals surface area contributed by atoms with Gasteiger partial charge in [0, 0.05) is 11.3 Å². The Morgan fingerprint density at radius 2 is 1.94 bits per heavy atom. The summed E-state index contributed by atoms with van der Waals surface area (Å²) in [7, 11) is 7.60. The average Bonchev–Trinajstić information content (AvgIpc) is 2.71. The van der Waals surface area contributed by atoms with Crippen molar-refractivity contribution >= 4 is 13.3 Å². The lowest BCUT2D eigenvalue weighted by molar-refractivity contribution is 0.617. The van der Waals surface area contributed by atoms with Crippen LogP contribution in [0, 0.1) is 6.92 Å². The zero-order valence-electron chi connectivity index (χ0n) is 10.4. The summed E-state index contributed by atoms with van der Waals surface area (Å²) < 4.78 is 0. The molecule has 0 amide bonds. The number of aromatic amines is 1. The molecule has 17 heavy (non-hydrogen) atoms. The van der Waals surface area contributed by atoms with Gasteiger partial charge in [-0.05, 0) is 20.9 Å². The van der Waals surface area contributed by atoms with Gasteiger partial charge in [0.05, 0.1) is 11.7 Å². The van der Waals surface area contributed by atoms with Crippen molar-refractivity contribution in [2.24, 2.45) is 0 Å². The van der Waals surface area contributed by atoms with Crippen LogP contribution in [-0.4, -0.2) is 24.9 Å². The summed E-state index contributed by atoms with van der Waals surface area (Å²) in [4.78, 5) is 7.93. The molecule has 1 aromatic heterocycles. The van der Waals surface area contributed by atoms with E-state index in [4.69, 9.17) is 7.85 Å². The van der Waals surface area contributed by atoms with Gasteiger partial charge in [0.15, 0.2) is 0 Å². The van der Waals surface area contributed by atoms with E-state index < -0.39 is 0 Å². The normalized spacial score (nSPS) is 12.6. The number of H-pyrrole nitrogens is 1. The molecule has 3 nitrogen and oxygen atoms in total. The first-order chi connectivity index (χ1) is 8.11. The van der Waals surface area contributed by atoms with Gasteiger partial charge in [-0.2, -0.15) is 0 Å². The third-order valence-corrected chi connectivity index (χ3v) is 2.93. The highest BCUT2D eigenvalue weighted by Gasteiger charge is 2.12. The minimum atomic E-state index is 0.219. The number of aryl methyl sites for hydroxylation is 1. The van der Waals surface area contributed by atoms with Crippen molar-refractivity contribution in [2.75, 3.05) is 7.05 Å². The van der Waals surface area contributed by atoms with Crippen LogP contribution in [0.25, 0.3) is 11.3 Å². The highest BCUT2D eigenvalue weighted by Crippen LogP contribution is 2.22. The topological polar surface area (TPSA) is 40.7 Å². The van der Waals surface area contributed by atoms with E-state index in [1.54, 1.807) is 0 Å². The fraction of sp³-hybridized carbons (Fsp3) is 0.308. The lowest BCUT2D eigenvalue weighted by atomic mass is 9.94. The van der Waals surface area contributed by atoms with Crippen LogP contribution < -0.4 is 10.8 Å². The summed E-state index contributed by atoms with van der Waals surface area (Å²) in [5.41, 5.74) is 3.92. The Hall–Kier alpha value is -1.55. The molecule has 0 aliphatic carbocycles. The smallest absolute Gasteiger partial charge is 0.123 e. The quantitative estimate of drug-likeness (QED) is 0.776. The van der Waals surface area contributed by atoms with Crippen LogP contribution >= 0.6 is 0 Å². The molecule has 2 rings (SSSR count). The molecule has 0 bridgehead atoms. The molecule has 1 atom stereocenters. The summed E-state index contributed by atoms with van der Waals surface area (Å²) in [6, 6.07) is 7.99. The lowest BCUT2D eigenvalue weighted by Gasteiger charge is -2.04. The van der Waals surface area contributed by atoms with Crippen LogP contribution in [0.15, 0.2) is 24.3 Å². The summed E-state index contributed by atoms with van der Waals surface area (Å²) >= 11 is 0. The van der Waals surface area contributed by atoms with Crippen LogP contribution in [0.3, 0.4) is 0 Å². The SMILES string of the molecule is [B]c1ccc(-c2nc([C@H](C)NC)[nH]c2C)cc1. The van der Waals surface area contributed by atoms with Crippen molar-refractivity contribution in [3.05, 3.63) is 35.8 Å². The molecule has 0 unspecified atom stereocenters. The zero-order valence-corrected chi connectivity index (χ0v) is 10.4. The molecule has 0 fully saturated rings. The Bertz CT molecular complexity index is 502. The summed E-state index contributed by atoms with van der Waals surface area (Å²) in [6.07, 6.45) is 0. The van der Waals surface area contributed by atoms with Crippen LogP contribution in [-0.2, 0) is 0 Å². The number of hydrogen-bond acceptors (Lipinski definition) is 2. The van der Waals surface area contributed by atoms with Crippen molar-refractivity contribution in [2.45, 2.75) is 19.9 Å². The summed E-state index contributed by atoms with van der Waals surface area (Å²) in [6.45, 7) is 4.11. The molecule has 4 heteroatoms. The predicted octanol–water partition coefficient (Wildman–Crippen LogP) is 1.46. The maximum Gasteiger partial charge on any atom is 0.123 e. The van der Waals surface area contributed by atoms with Crippen molar-refractivity contribution in [3.8, 4) is 11.3 Å². The van der Waals surface area contributed by atoms with Gasteiger partial charge in [-0.25, -0.2) is 4.98 Å². The molecule has 2 N–H and O–H groups in total. The number of nitrogens with zero attached hydrogens (tertiary/aromatic N) is 1. The highest BCUT2D eigenvalue weighted by molar-refractivity contribution is 6.32. The second-order valence-electron chi connectivity index (χ2n) is 4.23. The third kappa shape index (κ3) is 2.42. The molecular formula is C13H16BN3. The van der Waals surface area contributed by atoms with Crippen molar-refractivity contribution in [1.29, 1.82) is 0 Å². The number of benzene rings is 1.